The number of piperidine rings is 1. The van der Waals surface area contributed by atoms with Crippen molar-refractivity contribution in [3.05, 3.63) is 52.6 Å². The summed E-state index contributed by atoms with van der Waals surface area (Å²) in [5, 5.41) is 18.5. The van der Waals surface area contributed by atoms with Crippen LogP contribution in [0.25, 0.3) is 5.65 Å². The van der Waals surface area contributed by atoms with Gasteiger partial charge in [-0.05, 0) is 36.0 Å². The maximum atomic E-state index is 12.3. The van der Waals surface area contributed by atoms with E-state index in [1.807, 2.05) is 0 Å². The lowest BCUT2D eigenvalue weighted by Crippen LogP contribution is -2.42. The second kappa shape index (κ2) is 6.47. The first-order chi connectivity index (χ1) is 12.6. The molecule has 0 aromatic carbocycles. The molecule has 10 nitrogen and oxygen atoms in total. The standard InChI is InChI=1S/C16H16N6O4/c23-16(12-2-1-9-26-12)20-7-5-11(6-8-20)18-13-3-4-14-17-10-15(22(24)25)21(14)19-13/h1-4,9-11H,5-8H2,(H,18,19). The fraction of sp³-hybridized carbons (Fsp3) is 0.312. The first-order valence-electron chi connectivity index (χ1n) is 8.20. The maximum Gasteiger partial charge on any atom is 0.368 e. The SMILES string of the molecule is O=C(c1ccco1)N1CCC(Nc2ccc3ncc([N+](=O)[O-])n3n2)CC1. The van der Waals surface area contributed by atoms with Crippen molar-refractivity contribution in [2.45, 2.75) is 18.9 Å². The Kier molecular flexibility index (Phi) is 3.99. The Morgan fingerprint density at radius 1 is 1.31 bits per heavy atom. The minimum Gasteiger partial charge on any atom is -0.459 e. The van der Waals surface area contributed by atoms with Gasteiger partial charge in [0.15, 0.2) is 11.6 Å². The monoisotopic (exact) mass is 356 g/mol. The average molecular weight is 356 g/mol. The van der Waals surface area contributed by atoms with Crippen LogP contribution in [-0.2, 0) is 0 Å². The molecule has 1 aliphatic heterocycles. The van der Waals surface area contributed by atoms with Crippen molar-refractivity contribution in [3.8, 4) is 0 Å². The Bertz CT molecular complexity index is 943. The number of carbonyl (C=O) groups is 1. The molecule has 1 fully saturated rings. The third-order valence-corrected chi connectivity index (χ3v) is 4.40. The minimum absolute atomic E-state index is 0.109. The Morgan fingerprint density at radius 3 is 2.81 bits per heavy atom. The number of hydrogen-bond donors (Lipinski definition) is 1. The predicted octanol–water partition coefficient (Wildman–Crippen LogP) is 1.95. The van der Waals surface area contributed by atoms with Gasteiger partial charge in [0.05, 0.1) is 6.26 Å². The minimum atomic E-state index is -0.518. The van der Waals surface area contributed by atoms with Crippen molar-refractivity contribution in [1.29, 1.82) is 0 Å². The maximum absolute atomic E-state index is 12.3. The smallest absolute Gasteiger partial charge is 0.368 e. The number of fused-ring (bicyclic) bond motifs is 1. The number of likely N-dealkylation sites (tertiary alicyclic amines) is 1. The molecule has 0 saturated carbocycles. The number of anilines is 1. The fourth-order valence-electron chi connectivity index (χ4n) is 3.05. The molecule has 0 spiro atoms. The molecule has 1 saturated heterocycles. The highest BCUT2D eigenvalue weighted by molar-refractivity contribution is 5.91. The van der Waals surface area contributed by atoms with Crippen molar-refractivity contribution in [1.82, 2.24) is 19.5 Å². The van der Waals surface area contributed by atoms with Gasteiger partial charge in [-0.25, -0.2) is 4.98 Å². The molecule has 1 aliphatic rings. The lowest BCUT2D eigenvalue weighted by atomic mass is 10.0. The van der Waals surface area contributed by atoms with Gasteiger partial charge in [0, 0.05) is 25.2 Å². The van der Waals surface area contributed by atoms with Gasteiger partial charge in [0.1, 0.15) is 6.20 Å². The topological polar surface area (TPSA) is 119 Å². The van der Waals surface area contributed by atoms with Gasteiger partial charge in [-0.15, -0.1) is 0 Å². The van der Waals surface area contributed by atoms with E-state index in [0.717, 1.165) is 12.8 Å². The van der Waals surface area contributed by atoms with Crippen molar-refractivity contribution >= 4 is 23.2 Å². The van der Waals surface area contributed by atoms with E-state index < -0.39 is 4.92 Å². The average Bonchev–Trinajstić information content (AvgIpc) is 3.31. The molecule has 26 heavy (non-hydrogen) atoms. The number of hydrogen-bond acceptors (Lipinski definition) is 7. The van der Waals surface area contributed by atoms with E-state index in [9.17, 15) is 14.9 Å². The zero-order valence-corrected chi connectivity index (χ0v) is 13.7. The van der Waals surface area contributed by atoms with Crippen LogP contribution in [-0.4, -0.2) is 49.5 Å². The van der Waals surface area contributed by atoms with Crippen LogP contribution in [0.1, 0.15) is 23.4 Å². The van der Waals surface area contributed by atoms with Crippen LogP contribution in [0, 0.1) is 10.1 Å². The molecule has 4 rings (SSSR count). The third-order valence-electron chi connectivity index (χ3n) is 4.40. The lowest BCUT2D eigenvalue weighted by molar-refractivity contribution is -0.391. The van der Waals surface area contributed by atoms with Gasteiger partial charge in [-0.2, -0.15) is 0 Å². The summed E-state index contributed by atoms with van der Waals surface area (Å²) in [5.74, 6) is 0.593. The molecule has 1 amide bonds. The van der Waals surface area contributed by atoms with Gasteiger partial charge < -0.3 is 24.7 Å². The van der Waals surface area contributed by atoms with Crippen LogP contribution in [0.5, 0.6) is 0 Å². The number of nitro groups is 1. The summed E-state index contributed by atoms with van der Waals surface area (Å²) in [6.45, 7) is 1.20. The molecule has 10 heteroatoms. The van der Waals surface area contributed by atoms with Gasteiger partial charge in [-0.3, -0.25) is 4.79 Å². The van der Waals surface area contributed by atoms with Crippen LogP contribution in [0.2, 0.25) is 0 Å². The zero-order valence-electron chi connectivity index (χ0n) is 13.7. The van der Waals surface area contributed by atoms with Crippen LogP contribution < -0.4 is 5.32 Å². The number of rotatable bonds is 4. The highest BCUT2D eigenvalue weighted by Gasteiger charge is 2.25. The van der Waals surface area contributed by atoms with Crippen molar-refractivity contribution in [2.75, 3.05) is 18.4 Å². The molecular formula is C16H16N6O4. The zero-order chi connectivity index (χ0) is 18.1. The molecular weight excluding hydrogens is 340 g/mol. The molecule has 0 radical (unpaired) electrons. The number of amides is 1. The van der Waals surface area contributed by atoms with E-state index in [0.29, 0.717) is 30.3 Å². The highest BCUT2D eigenvalue weighted by Crippen LogP contribution is 2.19. The van der Waals surface area contributed by atoms with Crippen LogP contribution >= 0.6 is 0 Å². The Balaban J connectivity index is 1.41. The number of furan rings is 1. The second-order valence-corrected chi connectivity index (χ2v) is 6.05. The van der Waals surface area contributed by atoms with Crippen molar-refractivity contribution in [2.24, 2.45) is 0 Å². The van der Waals surface area contributed by atoms with E-state index in [2.05, 4.69) is 15.4 Å². The summed E-state index contributed by atoms with van der Waals surface area (Å²) < 4.78 is 6.36. The molecule has 134 valence electrons. The number of nitrogens with zero attached hydrogens (tertiary/aromatic N) is 5. The van der Waals surface area contributed by atoms with Gasteiger partial charge in [-0.1, -0.05) is 9.61 Å². The van der Waals surface area contributed by atoms with Gasteiger partial charge in [0.2, 0.25) is 5.65 Å². The fourth-order valence-corrected chi connectivity index (χ4v) is 3.05. The third kappa shape index (κ3) is 2.96. The van der Waals surface area contributed by atoms with Crippen LogP contribution in [0.4, 0.5) is 11.6 Å². The van der Waals surface area contributed by atoms with Gasteiger partial charge >= 0.3 is 5.82 Å². The summed E-state index contributed by atoms with van der Waals surface area (Å²) >= 11 is 0. The molecule has 4 heterocycles. The number of aromatic nitrogens is 3. The predicted molar refractivity (Wildman–Crippen MR) is 90.9 cm³/mol. The Hall–Kier alpha value is -3.43. The van der Waals surface area contributed by atoms with Crippen LogP contribution in [0.15, 0.2) is 41.1 Å². The Morgan fingerprint density at radius 2 is 2.12 bits per heavy atom. The number of nitrogens with one attached hydrogen (secondary N) is 1. The molecule has 3 aromatic rings. The molecule has 3 aromatic heterocycles. The Labute approximate surface area is 147 Å². The normalized spacial score (nSPS) is 15.3. The summed E-state index contributed by atoms with van der Waals surface area (Å²) in [7, 11) is 0. The largest absolute Gasteiger partial charge is 0.459 e. The van der Waals surface area contributed by atoms with Crippen molar-refractivity contribution < 1.29 is 14.1 Å². The lowest BCUT2D eigenvalue weighted by Gasteiger charge is -2.31. The first-order valence-corrected chi connectivity index (χ1v) is 8.20. The highest BCUT2D eigenvalue weighted by atomic mass is 16.6. The summed E-state index contributed by atoms with van der Waals surface area (Å²) in [4.78, 5) is 28.5. The van der Waals surface area contributed by atoms with E-state index in [-0.39, 0.29) is 17.8 Å². The van der Waals surface area contributed by atoms with E-state index in [1.54, 1.807) is 29.2 Å². The molecule has 0 aliphatic carbocycles. The van der Waals surface area contributed by atoms with E-state index >= 15 is 0 Å². The quantitative estimate of drug-likeness (QED) is 0.560. The van der Waals surface area contributed by atoms with E-state index in [4.69, 9.17) is 4.42 Å². The number of carbonyl (C=O) groups excluding carboxylic acids is 1. The first kappa shape index (κ1) is 16.1. The van der Waals surface area contributed by atoms with E-state index in [1.165, 1.54) is 17.0 Å². The molecule has 0 bridgehead atoms. The summed E-state index contributed by atoms with van der Waals surface area (Å²) in [5.41, 5.74) is 0.418. The number of imidazole rings is 1. The molecule has 0 atom stereocenters. The molecule has 1 N–H and O–H groups in total. The summed E-state index contributed by atoms with van der Waals surface area (Å²) in [6, 6.07) is 6.90. The van der Waals surface area contributed by atoms with Crippen LogP contribution in [0.3, 0.4) is 0 Å². The van der Waals surface area contributed by atoms with Gasteiger partial charge in [0.25, 0.3) is 5.91 Å². The second-order valence-electron chi connectivity index (χ2n) is 6.05. The summed E-state index contributed by atoms with van der Waals surface area (Å²) in [6.07, 6.45) is 4.17. The van der Waals surface area contributed by atoms with Crippen molar-refractivity contribution in [3.63, 3.8) is 0 Å². The molecule has 0 unspecified atom stereocenters.